The van der Waals surface area contributed by atoms with Gasteiger partial charge < -0.3 is 0 Å². The van der Waals surface area contributed by atoms with Gasteiger partial charge in [0.1, 0.15) is 11.6 Å². The molecule has 0 aliphatic carbocycles. The van der Waals surface area contributed by atoms with Gasteiger partial charge in [-0.2, -0.15) is 9.61 Å². The number of nitrogens with zero attached hydrogens (tertiary/aromatic N) is 4. The van der Waals surface area contributed by atoms with Crippen LogP contribution >= 0.6 is 34.5 Å². The van der Waals surface area contributed by atoms with Gasteiger partial charge in [0, 0.05) is 22.2 Å². The SMILES string of the molecule is Fc1ccc(-c2nn3c(-c4ccc(Cl)cc4Cl)nnc3s2)c(F)c1. The molecule has 9 heteroatoms. The first-order valence-electron chi connectivity index (χ1n) is 6.66. The van der Waals surface area contributed by atoms with E-state index in [2.05, 4.69) is 15.3 Å². The molecule has 0 atom stereocenters. The highest BCUT2D eigenvalue weighted by Gasteiger charge is 2.18. The summed E-state index contributed by atoms with van der Waals surface area (Å²) < 4.78 is 28.5. The van der Waals surface area contributed by atoms with Crippen LogP contribution in [0.4, 0.5) is 8.78 Å². The maximum Gasteiger partial charge on any atom is 0.235 e. The molecule has 0 radical (unpaired) electrons. The summed E-state index contributed by atoms with van der Waals surface area (Å²) >= 11 is 13.2. The van der Waals surface area contributed by atoms with Crippen LogP contribution < -0.4 is 0 Å². The molecule has 120 valence electrons. The highest BCUT2D eigenvalue weighted by Crippen LogP contribution is 2.33. The predicted molar refractivity (Wildman–Crippen MR) is 89.5 cm³/mol. The fraction of sp³-hybridized carbons (Fsp3) is 0. The molecular formula is C15H6Cl2F2N4S. The molecule has 0 spiro atoms. The summed E-state index contributed by atoms with van der Waals surface area (Å²) in [4.78, 5) is 0.467. The van der Waals surface area contributed by atoms with Crippen molar-refractivity contribution in [2.75, 3.05) is 0 Å². The van der Waals surface area contributed by atoms with E-state index in [-0.39, 0.29) is 5.56 Å². The van der Waals surface area contributed by atoms with Crippen LogP contribution in [-0.4, -0.2) is 19.8 Å². The summed E-state index contributed by atoms with van der Waals surface area (Å²) in [6.45, 7) is 0. The zero-order chi connectivity index (χ0) is 16.8. The van der Waals surface area contributed by atoms with Crippen LogP contribution in [0.2, 0.25) is 10.0 Å². The quantitative estimate of drug-likeness (QED) is 0.484. The number of benzene rings is 2. The van der Waals surface area contributed by atoms with Crippen molar-refractivity contribution in [3.63, 3.8) is 0 Å². The van der Waals surface area contributed by atoms with Crippen molar-refractivity contribution < 1.29 is 8.78 Å². The van der Waals surface area contributed by atoms with E-state index in [1.54, 1.807) is 18.2 Å². The molecule has 2 heterocycles. The Kier molecular flexibility index (Phi) is 3.71. The average molecular weight is 383 g/mol. The summed E-state index contributed by atoms with van der Waals surface area (Å²) in [5, 5.41) is 13.7. The topological polar surface area (TPSA) is 43.1 Å². The van der Waals surface area contributed by atoms with E-state index in [9.17, 15) is 8.78 Å². The smallest absolute Gasteiger partial charge is 0.207 e. The third-order valence-corrected chi connectivity index (χ3v) is 4.80. The van der Waals surface area contributed by atoms with Gasteiger partial charge in [0.2, 0.25) is 4.96 Å². The molecule has 0 unspecified atom stereocenters. The number of rotatable bonds is 2. The second-order valence-corrected chi connectivity index (χ2v) is 6.67. The van der Waals surface area contributed by atoms with Gasteiger partial charge in [-0.3, -0.25) is 0 Å². The second-order valence-electron chi connectivity index (χ2n) is 4.87. The minimum Gasteiger partial charge on any atom is -0.207 e. The van der Waals surface area contributed by atoms with E-state index >= 15 is 0 Å². The first-order chi connectivity index (χ1) is 11.5. The Hall–Kier alpha value is -2.09. The van der Waals surface area contributed by atoms with Crippen molar-refractivity contribution in [2.45, 2.75) is 0 Å². The fourth-order valence-electron chi connectivity index (χ4n) is 2.23. The molecule has 0 aliphatic rings. The molecule has 24 heavy (non-hydrogen) atoms. The van der Waals surface area contributed by atoms with Gasteiger partial charge in [-0.1, -0.05) is 34.5 Å². The molecule has 0 aliphatic heterocycles. The molecule has 0 saturated carbocycles. The Morgan fingerprint density at radius 1 is 0.958 bits per heavy atom. The van der Waals surface area contributed by atoms with E-state index < -0.39 is 11.6 Å². The standard InChI is InChI=1S/C15H6Cl2F2N4S/c16-7-1-3-9(11(17)5-7)13-20-21-15-23(13)22-14(24-15)10-4-2-8(18)6-12(10)19/h1-6H. The normalized spacial score (nSPS) is 11.3. The van der Waals surface area contributed by atoms with Crippen molar-refractivity contribution in [3.05, 3.63) is 58.1 Å². The molecule has 2 aromatic carbocycles. The summed E-state index contributed by atoms with van der Waals surface area (Å²) in [7, 11) is 0. The van der Waals surface area contributed by atoms with E-state index in [1.165, 1.54) is 16.6 Å². The van der Waals surface area contributed by atoms with E-state index in [0.717, 1.165) is 17.4 Å². The van der Waals surface area contributed by atoms with Gasteiger partial charge in [-0.15, -0.1) is 10.2 Å². The summed E-state index contributed by atoms with van der Waals surface area (Å²) in [5.74, 6) is -0.921. The monoisotopic (exact) mass is 382 g/mol. The average Bonchev–Trinajstić information content (AvgIpc) is 3.08. The number of halogens is 4. The van der Waals surface area contributed by atoms with E-state index in [0.29, 0.717) is 31.4 Å². The lowest BCUT2D eigenvalue weighted by Gasteiger charge is -2.01. The number of hydrogen-bond acceptors (Lipinski definition) is 4. The molecule has 0 N–H and O–H groups in total. The summed E-state index contributed by atoms with van der Waals surface area (Å²) in [6, 6.07) is 8.31. The largest absolute Gasteiger partial charge is 0.235 e. The van der Waals surface area contributed by atoms with Crippen LogP contribution in [0.1, 0.15) is 0 Å². The molecular weight excluding hydrogens is 377 g/mol. The highest BCUT2D eigenvalue weighted by molar-refractivity contribution is 7.19. The summed E-state index contributed by atoms with van der Waals surface area (Å²) in [5.41, 5.74) is 0.796. The van der Waals surface area contributed by atoms with Crippen LogP contribution in [0.15, 0.2) is 36.4 Å². The lowest BCUT2D eigenvalue weighted by atomic mass is 10.2. The van der Waals surface area contributed by atoms with E-state index in [4.69, 9.17) is 23.2 Å². The molecule has 4 aromatic rings. The Labute approximate surface area is 148 Å². The van der Waals surface area contributed by atoms with Gasteiger partial charge in [-0.05, 0) is 30.3 Å². The van der Waals surface area contributed by atoms with Gasteiger partial charge >= 0.3 is 0 Å². The summed E-state index contributed by atoms with van der Waals surface area (Å²) in [6.07, 6.45) is 0. The predicted octanol–water partition coefficient (Wildman–Crippen LogP) is 5.10. The van der Waals surface area contributed by atoms with Gasteiger partial charge in [0.15, 0.2) is 10.8 Å². The maximum absolute atomic E-state index is 13.9. The Morgan fingerprint density at radius 3 is 2.50 bits per heavy atom. The van der Waals surface area contributed by atoms with Gasteiger partial charge in [0.05, 0.1) is 5.02 Å². The number of hydrogen-bond donors (Lipinski definition) is 0. The van der Waals surface area contributed by atoms with Crippen molar-refractivity contribution in [1.29, 1.82) is 0 Å². The molecule has 2 aromatic heterocycles. The maximum atomic E-state index is 13.9. The lowest BCUT2D eigenvalue weighted by Crippen LogP contribution is -1.93. The zero-order valence-electron chi connectivity index (χ0n) is 11.7. The minimum absolute atomic E-state index is 0.194. The van der Waals surface area contributed by atoms with E-state index in [1.807, 2.05) is 0 Å². The third-order valence-electron chi connectivity index (χ3n) is 3.32. The van der Waals surface area contributed by atoms with Crippen molar-refractivity contribution >= 4 is 39.5 Å². The Morgan fingerprint density at radius 2 is 1.75 bits per heavy atom. The lowest BCUT2D eigenvalue weighted by molar-refractivity contribution is 0.585. The molecule has 4 rings (SSSR count). The fourth-order valence-corrected chi connectivity index (χ4v) is 3.59. The minimum atomic E-state index is -0.689. The van der Waals surface area contributed by atoms with Gasteiger partial charge in [-0.25, -0.2) is 8.78 Å². The Balaban J connectivity index is 1.87. The number of fused-ring (bicyclic) bond motifs is 1. The first kappa shape index (κ1) is 15.4. The Bertz CT molecular complexity index is 1080. The molecule has 4 nitrogen and oxygen atoms in total. The van der Waals surface area contributed by atoms with Crippen molar-refractivity contribution in [2.24, 2.45) is 0 Å². The molecule has 0 amide bonds. The van der Waals surface area contributed by atoms with Crippen LogP contribution in [-0.2, 0) is 0 Å². The third kappa shape index (κ3) is 2.54. The first-order valence-corrected chi connectivity index (χ1v) is 8.23. The van der Waals surface area contributed by atoms with Crippen LogP contribution in [0.3, 0.4) is 0 Å². The van der Waals surface area contributed by atoms with Crippen LogP contribution in [0.5, 0.6) is 0 Å². The number of aromatic nitrogens is 4. The highest BCUT2D eigenvalue weighted by atomic mass is 35.5. The van der Waals surface area contributed by atoms with Crippen molar-refractivity contribution in [1.82, 2.24) is 19.8 Å². The zero-order valence-corrected chi connectivity index (χ0v) is 14.0. The van der Waals surface area contributed by atoms with Crippen molar-refractivity contribution in [3.8, 4) is 22.0 Å². The van der Waals surface area contributed by atoms with Gasteiger partial charge in [0.25, 0.3) is 0 Å². The van der Waals surface area contributed by atoms with Crippen LogP contribution in [0, 0.1) is 11.6 Å². The second kappa shape index (κ2) is 5.77. The van der Waals surface area contributed by atoms with Crippen LogP contribution in [0.25, 0.3) is 26.9 Å². The molecule has 0 fully saturated rings. The molecule has 0 saturated heterocycles. The molecule has 0 bridgehead atoms.